The minimum Gasteiger partial charge on any atom is -0.444 e. The highest BCUT2D eigenvalue weighted by atomic mass is 32.2. The van der Waals surface area contributed by atoms with Crippen LogP contribution in [0.4, 0.5) is 5.13 Å². The predicted molar refractivity (Wildman–Crippen MR) is 92.9 cm³/mol. The molecular weight excluding hydrogens is 314 g/mol. The second kappa shape index (κ2) is 6.62. The molecule has 2 aromatic heterocycles. The molecule has 1 aliphatic heterocycles. The van der Waals surface area contributed by atoms with Crippen LogP contribution < -0.4 is 4.90 Å². The Bertz CT molecular complexity index is 609. The Morgan fingerprint density at radius 2 is 1.95 bits per heavy atom. The van der Waals surface area contributed by atoms with Crippen LogP contribution in [-0.4, -0.2) is 23.1 Å². The van der Waals surface area contributed by atoms with Gasteiger partial charge in [-0.25, -0.2) is 9.97 Å². The van der Waals surface area contributed by atoms with Crippen LogP contribution in [0.2, 0.25) is 0 Å². The summed E-state index contributed by atoms with van der Waals surface area (Å²) in [5, 5.41) is 1.16. The summed E-state index contributed by atoms with van der Waals surface area (Å²) in [7, 11) is 0. The summed E-state index contributed by atoms with van der Waals surface area (Å²) in [6.07, 6.45) is 7.75. The van der Waals surface area contributed by atoms with Gasteiger partial charge < -0.3 is 9.32 Å². The minimum absolute atomic E-state index is 0.0157. The summed E-state index contributed by atoms with van der Waals surface area (Å²) < 4.78 is 7.07. The van der Waals surface area contributed by atoms with Crippen molar-refractivity contribution in [3.63, 3.8) is 0 Å². The minimum atomic E-state index is 0.0157. The molecule has 0 atom stereocenters. The Morgan fingerprint density at radius 1 is 1.18 bits per heavy atom. The SMILES string of the molecule is CC(C)(C)c1cnc(CSc2cnc(N3CCCCC3)s2)o1. The number of anilines is 1. The average Bonchev–Trinajstić information content (AvgIpc) is 3.15. The van der Waals surface area contributed by atoms with E-state index in [0.717, 1.165) is 35.6 Å². The van der Waals surface area contributed by atoms with Crippen LogP contribution in [0.3, 0.4) is 0 Å². The van der Waals surface area contributed by atoms with E-state index in [0.29, 0.717) is 0 Å². The Morgan fingerprint density at radius 3 is 2.64 bits per heavy atom. The first-order chi connectivity index (χ1) is 10.5. The van der Waals surface area contributed by atoms with Gasteiger partial charge in [0.15, 0.2) is 5.13 Å². The van der Waals surface area contributed by atoms with Gasteiger partial charge in [-0.2, -0.15) is 0 Å². The topological polar surface area (TPSA) is 42.2 Å². The first-order valence-electron chi connectivity index (χ1n) is 7.81. The quantitative estimate of drug-likeness (QED) is 0.756. The molecule has 120 valence electrons. The normalized spacial score (nSPS) is 16.2. The van der Waals surface area contributed by atoms with Crippen molar-refractivity contribution in [2.45, 2.75) is 55.4 Å². The fraction of sp³-hybridized carbons (Fsp3) is 0.625. The van der Waals surface area contributed by atoms with Crippen LogP contribution in [0.15, 0.2) is 21.0 Å². The zero-order chi connectivity index (χ0) is 15.6. The molecule has 3 rings (SSSR count). The van der Waals surface area contributed by atoms with Gasteiger partial charge in [0.05, 0.1) is 22.4 Å². The maximum atomic E-state index is 5.83. The van der Waals surface area contributed by atoms with Gasteiger partial charge in [0, 0.05) is 18.5 Å². The Balaban J connectivity index is 1.57. The van der Waals surface area contributed by atoms with Crippen LogP contribution >= 0.6 is 23.1 Å². The van der Waals surface area contributed by atoms with E-state index in [-0.39, 0.29) is 5.41 Å². The second-order valence-electron chi connectivity index (χ2n) is 6.67. The van der Waals surface area contributed by atoms with Gasteiger partial charge in [0.2, 0.25) is 5.89 Å². The van der Waals surface area contributed by atoms with Crippen LogP contribution in [0.25, 0.3) is 0 Å². The van der Waals surface area contributed by atoms with E-state index in [1.165, 1.54) is 23.5 Å². The molecule has 0 saturated carbocycles. The maximum Gasteiger partial charge on any atom is 0.204 e. The second-order valence-corrected chi connectivity index (χ2v) is 8.95. The van der Waals surface area contributed by atoms with Crippen LogP contribution in [-0.2, 0) is 11.2 Å². The largest absolute Gasteiger partial charge is 0.444 e. The summed E-state index contributed by atoms with van der Waals surface area (Å²) in [6.45, 7) is 8.70. The summed E-state index contributed by atoms with van der Waals surface area (Å²) in [5.74, 6) is 2.50. The monoisotopic (exact) mass is 337 g/mol. The molecule has 0 aromatic carbocycles. The predicted octanol–water partition coefficient (Wildman–Crippen LogP) is 4.71. The van der Waals surface area contributed by atoms with Gasteiger partial charge >= 0.3 is 0 Å². The number of oxazole rings is 1. The number of thiazole rings is 1. The highest BCUT2D eigenvalue weighted by Crippen LogP contribution is 2.34. The maximum absolute atomic E-state index is 5.83. The van der Waals surface area contributed by atoms with Crippen LogP contribution in [0.1, 0.15) is 51.7 Å². The van der Waals surface area contributed by atoms with E-state index < -0.39 is 0 Å². The molecule has 0 spiro atoms. The van der Waals surface area contributed by atoms with E-state index in [9.17, 15) is 0 Å². The average molecular weight is 338 g/mol. The van der Waals surface area contributed by atoms with Gasteiger partial charge in [-0.1, -0.05) is 32.1 Å². The van der Waals surface area contributed by atoms with Crippen LogP contribution in [0, 0.1) is 0 Å². The van der Waals surface area contributed by atoms with Gasteiger partial charge in [-0.05, 0) is 19.3 Å². The van der Waals surface area contributed by atoms with Crippen molar-refractivity contribution in [2.75, 3.05) is 18.0 Å². The van der Waals surface area contributed by atoms with Crippen molar-refractivity contribution in [1.82, 2.24) is 9.97 Å². The molecular formula is C16H23N3OS2. The molecule has 0 unspecified atom stereocenters. The zero-order valence-corrected chi connectivity index (χ0v) is 15.1. The van der Waals surface area contributed by atoms with Gasteiger partial charge in [-0.3, -0.25) is 0 Å². The number of hydrogen-bond donors (Lipinski definition) is 0. The molecule has 0 bridgehead atoms. The number of hydrogen-bond acceptors (Lipinski definition) is 6. The highest BCUT2D eigenvalue weighted by molar-refractivity contribution is 8.00. The lowest BCUT2D eigenvalue weighted by molar-refractivity contribution is 0.391. The number of rotatable bonds is 4. The molecule has 2 aromatic rings. The van der Waals surface area contributed by atoms with E-state index >= 15 is 0 Å². The van der Waals surface area contributed by atoms with E-state index in [4.69, 9.17) is 4.42 Å². The van der Waals surface area contributed by atoms with Crippen molar-refractivity contribution in [3.8, 4) is 0 Å². The van der Waals surface area contributed by atoms with Crippen LogP contribution in [0.5, 0.6) is 0 Å². The molecule has 3 heterocycles. The van der Waals surface area contributed by atoms with Gasteiger partial charge in [0.1, 0.15) is 5.76 Å². The third-order valence-corrected chi connectivity index (χ3v) is 5.97. The van der Waals surface area contributed by atoms with Crippen molar-refractivity contribution < 1.29 is 4.42 Å². The summed E-state index contributed by atoms with van der Waals surface area (Å²) >= 11 is 3.53. The first-order valence-corrected chi connectivity index (χ1v) is 9.61. The number of nitrogens with zero attached hydrogens (tertiary/aromatic N) is 3. The lowest BCUT2D eigenvalue weighted by Crippen LogP contribution is -2.29. The van der Waals surface area contributed by atoms with Crippen molar-refractivity contribution in [1.29, 1.82) is 0 Å². The molecule has 22 heavy (non-hydrogen) atoms. The molecule has 4 nitrogen and oxygen atoms in total. The molecule has 0 amide bonds. The summed E-state index contributed by atoms with van der Waals surface area (Å²) in [5.41, 5.74) is 0.0157. The summed E-state index contributed by atoms with van der Waals surface area (Å²) in [6, 6.07) is 0. The molecule has 0 radical (unpaired) electrons. The first kappa shape index (κ1) is 15.9. The van der Waals surface area contributed by atoms with Gasteiger partial charge in [0.25, 0.3) is 0 Å². The zero-order valence-electron chi connectivity index (χ0n) is 13.5. The Labute approximate surface area is 140 Å². The lowest BCUT2D eigenvalue weighted by atomic mass is 9.94. The number of piperidine rings is 1. The molecule has 0 N–H and O–H groups in total. The molecule has 6 heteroatoms. The van der Waals surface area contributed by atoms with Gasteiger partial charge in [-0.15, -0.1) is 11.8 Å². The molecule has 0 aliphatic carbocycles. The van der Waals surface area contributed by atoms with E-state index in [1.807, 2.05) is 12.4 Å². The third kappa shape index (κ3) is 3.84. The lowest BCUT2D eigenvalue weighted by Gasteiger charge is -2.25. The molecule has 1 fully saturated rings. The Hall–Kier alpha value is -1.01. The number of thioether (sulfide) groups is 1. The molecule has 1 aliphatic rings. The fourth-order valence-electron chi connectivity index (χ4n) is 2.41. The van der Waals surface area contributed by atoms with E-state index in [1.54, 1.807) is 23.1 Å². The van der Waals surface area contributed by atoms with Crippen molar-refractivity contribution in [2.24, 2.45) is 0 Å². The Kier molecular flexibility index (Phi) is 4.78. The van der Waals surface area contributed by atoms with Crippen molar-refractivity contribution in [3.05, 3.63) is 24.0 Å². The van der Waals surface area contributed by atoms with Crippen molar-refractivity contribution >= 4 is 28.2 Å². The number of aromatic nitrogens is 2. The standard InChI is InChI=1S/C16H23N3OS2/c1-16(2,3)12-9-17-13(20-12)11-21-14-10-18-15(22-14)19-7-5-4-6-8-19/h9-10H,4-8,11H2,1-3H3. The summed E-state index contributed by atoms with van der Waals surface area (Å²) in [4.78, 5) is 11.4. The highest BCUT2D eigenvalue weighted by Gasteiger charge is 2.19. The smallest absolute Gasteiger partial charge is 0.204 e. The third-order valence-electron chi connectivity index (χ3n) is 3.73. The van der Waals surface area contributed by atoms with E-state index in [2.05, 4.69) is 35.6 Å². The molecule has 1 saturated heterocycles. The fourth-order valence-corrected chi connectivity index (χ4v) is 4.27.